The first-order chi connectivity index (χ1) is 7.65. The van der Waals surface area contributed by atoms with E-state index in [-0.39, 0.29) is 5.75 Å². The minimum absolute atomic E-state index is 0.0844. The lowest BCUT2D eigenvalue weighted by Crippen LogP contribution is -2.18. The highest BCUT2D eigenvalue weighted by Gasteiger charge is 2.19. The van der Waals surface area contributed by atoms with Crippen LogP contribution in [0.25, 0.3) is 0 Å². The zero-order valence-corrected chi connectivity index (χ0v) is 10.2. The van der Waals surface area contributed by atoms with E-state index < -0.39 is 5.97 Å². The number of nitrogens with zero attached hydrogens (tertiary/aromatic N) is 2. The number of rotatable bonds is 5. The van der Waals surface area contributed by atoms with Gasteiger partial charge in [0.25, 0.3) is 0 Å². The molecule has 0 atom stereocenters. The van der Waals surface area contributed by atoms with Gasteiger partial charge in [0.2, 0.25) is 0 Å². The van der Waals surface area contributed by atoms with Crippen LogP contribution in [0, 0.1) is 12.8 Å². The van der Waals surface area contributed by atoms with E-state index in [1.807, 2.05) is 13.1 Å². The van der Waals surface area contributed by atoms with Gasteiger partial charge in [-0.2, -0.15) is 0 Å². The molecule has 88 valence electrons. The van der Waals surface area contributed by atoms with Crippen LogP contribution in [0.5, 0.6) is 0 Å². The van der Waals surface area contributed by atoms with Crippen molar-refractivity contribution in [3.8, 4) is 0 Å². The molecule has 5 heteroatoms. The lowest BCUT2D eigenvalue weighted by molar-refractivity contribution is -0.133. The van der Waals surface area contributed by atoms with E-state index in [1.165, 1.54) is 31.0 Å². The molecule has 0 aliphatic heterocycles. The van der Waals surface area contributed by atoms with Crippen molar-refractivity contribution in [2.45, 2.75) is 37.9 Å². The number of carboxylic acids is 1. The number of thioether (sulfide) groups is 1. The topological polar surface area (TPSA) is 55.1 Å². The number of aliphatic carboxylic acids is 1. The molecule has 0 spiro atoms. The van der Waals surface area contributed by atoms with Gasteiger partial charge >= 0.3 is 5.97 Å². The van der Waals surface area contributed by atoms with Gasteiger partial charge in [-0.25, -0.2) is 4.98 Å². The van der Waals surface area contributed by atoms with Crippen molar-refractivity contribution in [2.24, 2.45) is 5.92 Å². The molecule has 1 aliphatic rings. The van der Waals surface area contributed by atoms with E-state index in [0.717, 1.165) is 23.3 Å². The molecule has 0 unspecified atom stereocenters. The zero-order chi connectivity index (χ0) is 11.5. The second-order valence-electron chi connectivity index (χ2n) is 4.30. The number of aryl methyl sites for hydroxylation is 1. The summed E-state index contributed by atoms with van der Waals surface area (Å²) in [6.07, 6.45) is 5.93. The van der Waals surface area contributed by atoms with Gasteiger partial charge in [0.1, 0.15) is 0 Å². The van der Waals surface area contributed by atoms with Crippen LogP contribution < -0.4 is 0 Å². The minimum atomic E-state index is -0.791. The second-order valence-corrected chi connectivity index (χ2v) is 5.24. The molecule has 1 aliphatic carbocycles. The summed E-state index contributed by atoms with van der Waals surface area (Å²) in [5.41, 5.74) is 0.965. The molecule has 0 radical (unpaired) electrons. The standard InChI is InChI=1S/C11H16N2O2S/c1-8-5-13(6-9-3-2-4-9)11(12-8)16-7-10(14)15/h5,9H,2-4,6-7H2,1H3,(H,14,15). The average molecular weight is 240 g/mol. The smallest absolute Gasteiger partial charge is 0.313 e. The minimum Gasteiger partial charge on any atom is -0.481 e. The predicted octanol–water partition coefficient (Wildman–Crippen LogP) is 2.17. The molecule has 0 amide bonds. The molecule has 1 saturated carbocycles. The summed E-state index contributed by atoms with van der Waals surface area (Å²) in [6, 6.07) is 0. The fraction of sp³-hybridized carbons (Fsp3) is 0.636. The van der Waals surface area contributed by atoms with E-state index in [2.05, 4.69) is 9.55 Å². The third-order valence-electron chi connectivity index (χ3n) is 2.86. The molecule has 1 fully saturated rings. The van der Waals surface area contributed by atoms with Gasteiger partial charge in [-0.05, 0) is 25.7 Å². The Balaban J connectivity index is 2.00. The molecular formula is C11H16N2O2S. The highest BCUT2D eigenvalue weighted by atomic mass is 32.2. The summed E-state index contributed by atoms with van der Waals surface area (Å²) in [5, 5.41) is 9.49. The second kappa shape index (κ2) is 4.91. The molecule has 1 aromatic heterocycles. The summed E-state index contributed by atoms with van der Waals surface area (Å²) >= 11 is 1.30. The average Bonchev–Trinajstić information content (AvgIpc) is 2.49. The van der Waals surface area contributed by atoms with Crippen LogP contribution in [-0.2, 0) is 11.3 Å². The van der Waals surface area contributed by atoms with Crippen molar-refractivity contribution in [3.05, 3.63) is 11.9 Å². The number of imidazole rings is 1. The first-order valence-electron chi connectivity index (χ1n) is 5.53. The Morgan fingerprint density at radius 1 is 1.69 bits per heavy atom. The largest absolute Gasteiger partial charge is 0.481 e. The number of aromatic nitrogens is 2. The number of carboxylic acid groups (broad SMARTS) is 1. The van der Waals surface area contributed by atoms with Crippen molar-refractivity contribution in [1.29, 1.82) is 0 Å². The normalized spacial score (nSPS) is 16.1. The Bertz CT molecular complexity index is 385. The molecule has 4 nitrogen and oxygen atoms in total. The Hall–Kier alpha value is -0.970. The summed E-state index contributed by atoms with van der Waals surface area (Å²) in [4.78, 5) is 14.9. The zero-order valence-electron chi connectivity index (χ0n) is 9.35. The Morgan fingerprint density at radius 2 is 2.44 bits per heavy atom. The molecule has 0 saturated heterocycles. The van der Waals surface area contributed by atoms with Gasteiger partial charge in [0.15, 0.2) is 5.16 Å². The molecular weight excluding hydrogens is 224 g/mol. The monoisotopic (exact) mass is 240 g/mol. The van der Waals surface area contributed by atoms with Crippen LogP contribution in [-0.4, -0.2) is 26.4 Å². The summed E-state index contributed by atoms with van der Waals surface area (Å²) in [7, 11) is 0. The van der Waals surface area contributed by atoms with Crippen molar-refractivity contribution in [2.75, 3.05) is 5.75 Å². The lowest BCUT2D eigenvalue weighted by Gasteiger charge is -2.26. The molecule has 1 N–H and O–H groups in total. The van der Waals surface area contributed by atoms with Crippen LogP contribution in [0.2, 0.25) is 0 Å². The van der Waals surface area contributed by atoms with E-state index in [4.69, 9.17) is 5.11 Å². The van der Waals surface area contributed by atoms with Crippen LogP contribution >= 0.6 is 11.8 Å². The summed E-state index contributed by atoms with van der Waals surface area (Å²) in [6.45, 7) is 2.94. The fourth-order valence-electron chi connectivity index (χ4n) is 1.85. The van der Waals surface area contributed by atoms with Crippen LogP contribution in [0.4, 0.5) is 0 Å². The van der Waals surface area contributed by atoms with Crippen molar-refractivity contribution in [1.82, 2.24) is 9.55 Å². The van der Waals surface area contributed by atoms with Gasteiger partial charge in [0, 0.05) is 12.7 Å². The first-order valence-corrected chi connectivity index (χ1v) is 6.52. The molecule has 1 heterocycles. The lowest BCUT2D eigenvalue weighted by atomic mass is 9.85. The molecule has 16 heavy (non-hydrogen) atoms. The molecule has 0 aromatic carbocycles. The predicted molar refractivity (Wildman–Crippen MR) is 62.7 cm³/mol. The van der Waals surface area contributed by atoms with Crippen LogP contribution in [0.3, 0.4) is 0 Å². The van der Waals surface area contributed by atoms with Crippen LogP contribution in [0.1, 0.15) is 25.0 Å². The van der Waals surface area contributed by atoms with E-state index >= 15 is 0 Å². The quantitative estimate of drug-likeness (QED) is 0.801. The van der Waals surface area contributed by atoms with Gasteiger partial charge < -0.3 is 9.67 Å². The Labute approximate surface area is 99.1 Å². The van der Waals surface area contributed by atoms with E-state index in [0.29, 0.717) is 0 Å². The fourth-order valence-corrected chi connectivity index (χ4v) is 2.60. The highest BCUT2D eigenvalue weighted by Crippen LogP contribution is 2.29. The van der Waals surface area contributed by atoms with Gasteiger partial charge in [0.05, 0.1) is 11.4 Å². The van der Waals surface area contributed by atoms with Crippen molar-refractivity contribution < 1.29 is 9.90 Å². The number of hydrogen-bond acceptors (Lipinski definition) is 3. The Kier molecular flexibility index (Phi) is 3.53. The van der Waals surface area contributed by atoms with Gasteiger partial charge in [-0.3, -0.25) is 4.79 Å². The Morgan fingerprint density at radius 3 is 3.00 bits per heavy atom. The molecule has 0 bridgehead atoms. The maximum absolute atomic E-state index is 10.5. The highest BCUT2D eigenvalue weighted by molar-refractivity contribution is 7.99. The van der Waals surface area contributed by atoms with Crippen molar-refractivity contribution >= 4 is 17.7 Å². The molecule has 2 rings (SSSR count). The van der Waals surface area contributed by atoms with Gasteiger partial charge in [-0.1, -0.05) is 18.2 Å². The van der Waals surface area contributed by atoms with E-state index in [1.54, 1.807) is 0 Å². The molecule has 1 aromatic rings. The maximum Gasteiger partial charge on any atom is 0.313 e. The number of carbonyl (C=O) groups is 1. The third kappa shape index (κ3) is 2.78. The number of hydrogen-bond donors (Lipinski definition) is 1. The SMILES string of the molecule is Cc1cn(CC2CCC2)c(SCC(=O)O)n1. The third-order valence-corrected chi connectivity index (χ3v) is 3.84. The van der Waals surface area contributed by atoms with Crippen LogP contribution in [0.15, 0.2) is 11.4 Å². The summed E-state index contributed by atoms with van der Waals surface area (Å²) in [5.74, 6) is 0.0554. The maximum atomic E-state index is 10.5. The van der Waals surface area contributed by atoms with Gasteiger partial charge in [-0.15, -0.1) is 0 Å². The summed E-state index contributed by atoms with van der Waals surface area (Å²) < 4.78 is 2.10. The van der Waals surface area contributed by atoms with E-state index in [9.17, 15) is 4.79 Å². The van der Waals surface area contributed by atoms with Crippen molar-refractivity contribution in [3.63, 3.8) is 0 Å². The first kappa shape index (κ1) is 11.5.